The lowest BCUT2D eigenvalue weighted by molar-refractivity contribution is -0.136. The molecule has 1 heterocycles. The Morgan fingerprint density at radius 2 is 2.21 bits per heavy atom. The molecule has 1 aliphatic carbocycles. The van der Waals surface area contributed by atoms with Gasteiger partial charge in [-0.05, 0) is 19.9 Å². The molecule has 2 N–H and O–H groups in total. The molecule has 0 saturated carbocycles. The van der Waals surface area contributed by atoms with Crippen molar-refractivity contribution in [2.75, 3.05) is 6.54 Å². The Kier molecular flexibility index (Phi) is 3.38. The highest BCUT2D eigenvalue weighted by Gasteiger charge is 2.46. The highest BCUT2D eigenvalue weighted by molar-refractivity contribution is 6.31. The van der Waals surface area contributed by atoms with Crippen molar-refractivity contribution in [2.45, 2.75) is 20.3 Å². The molecule has 2 rings (SSSR count). The minimum Gasteiger partial charge on any atom is -0.481 e. The predicted octanol–water partition coefficient (Wildman–Crippen LogP) is 1.47. The molecule has 0 saturated heterocycles. The third-order valence-electron chi connectivity index (χ3n) is 3.26. The summed E-state index contributed by atoms with van der Waals surface area (Å²) in [6, 6.07) is 3.60. The fourth-order valence-electron chi connectivity index (χ4n) is 2.18. The van der Waals surface area contributed by atoms with Crippen LogP contribution in [0.4, 0.5) is 0 Å². The summed E-state index contributed by atoms with van der Waals surface area (Å²) in [5.74, 6) is -0.808. The van der Waals surface area contributed by atoms with Gasteiger partial charge in [-0.2, -0.15) is 0 Å². The summed E-state index contributed by atoms with van der Waals surface area (Å²) in [4.78, 5) is 26.7. The second-order valence-corrected chi connectivity index (χ2v) is 5.02. The number of aromatic nitrogens is 1. The fourth-order valence-corrected chi connectivity index (χ4v) is 2.18. The van der Waals surface area contributed by atoms with E-state index in [0.29, 0.717) is 12.1 Å². The number of carbonyl (C=O) groups is 2. The van der Waals surface area contributed by atoms with Crippen molar-refractivity contribution in [3.05, 3.63) is 35.8 Å². The molecule has 1 aromatic heterocycles. The van der Waals surface area contributed by atoms with Crippen LogP contribution in [-0.4, -0.2) is 28.4 Å². The number of rotatable bonds is 5. The maximum Gasteiger partial charge on any atom is 0.305 e. The monoisotopic (exact) mass is 260 g/mol. The molecular weight excluding hydrogens is 244 g/mol. The molecule has 0 bridgehead atoms. The first-order valence-corrected chi connectivity index (χ1v) is 6.10. The molecule has 19 heavy (non-hydrogen) atoms. The highest BCUT2D eigenvalue weighted by Crippen LogP contribution is 2.45. The van der Waals surface area contributed by atoms with Gasteiger partial charge in [0.25, 0.3) is 0 Å². The third kappa shape index (κ3) is 2.36. The van der Waals surface area contributed by atoms with E-state index >= 15 is 0 Å². The standard InChI is InChI=1S/C14H16N2O3/c1-14(2)12(16-7-5-10(17)18)11(13(14)19)9-4-3-6-15-8-9/h3-4,6,8,16H,5,7H2,1-2H3,(H,17,18). The zero-order valence-corrected chi connectivity index (χ0v) is 10.9. The zero-order valence-electron chi connectivity index (χ0n) is 10.9. The lowest BCUT2D eigenvalue weighted by atomic mass is 9.67. The number of carboxylic acid groups (broad SMARTS) is 1. The average molecular weight is 260 g/mol. The minimum atomic E-state index is -0.862. The van der Waals surface area contributed by atoms with E-state index in [1.807, 2.05) is 19.9 Å². The highest BCUT2D eigenvalue weighted by atomic mass is 16.4. The molecular formula is C14H16N2O3. The van der Waals surface area contributed by atoms with Gasteiger partial charge in [0.05, 0.1) is 11.8 Å². The summed E-state index contributed by atoms with van der Waals surface area (Å²) in [6.07, 6.45) is 3.31. The summed E-state index contributed by atoms with van der Waals surface area (Å²) in [6.45, 7) is 3.97. The number of hydrogen-bond acceptors (Lipinski definition) is 4. The Hall–Kier alpha value is -2.17. The van der Waals surface area contributed by atoms with Crippen LogP contribution in [0.5, 0.6) is 0 Å². The number of carbonyl (C=O) groups excluding carboxylic acids is 1. The van der Waals surface area contributed by atoms with E-state index in [4.69, 9.17) is 5.11 Å². The number of nitrogens with zero attached hydrogens (tertiary/aromatic N) is 1. The molecule has 1 aromatic rings. The Bertz CT molecular complexity index is 547. The second kappa shape index (κ2) is 4.84. The lowest BCUT2D eigenvalue weighted by Crippen LogP contribution is -2.45. The van der Waals surface area contributed by atoms with Gasteiger partial charge in [0, 0.05) is 35.8 Å². The molecule has 0 amide bonds. The lowest BCUT2D eigenvalue weighted by Gasteiger charge is -2.39. The molecule has 0 spiro atoms. The van der Waals surface area contributed by atoms with Gasteiger partial charge in [0.15, 0.2) is 5.78 Å². The summed E-state index contributed by atoms with van der Waals surface area (Å²) < 4.78 is 0. The normalized spacial score (nSPS) is 17.1. The molecule has 0 aliphatic heterocycles. The van der Waals surface area contributed by atoms with Crippen molar-refractivity contribution < 1.29 is 14.7 Å². The number of ketones is 1. The van der Waals surface area contributed by atoms with E-state index < -0.39 is 11.4 Å². The molecule has 100 valence electrons. The van der Waals surface area contributed by atoms with E-state index in [-0.39, 0.29) is 12.2 Å². The first-order valence-electron chi connectivity index (χ1n) is 6.10. The zero-order chi connectivity index (χ0) is 14.0. The first kappa shape index (κ1) is 13.3. The van der Waals surface area contributed by atoms with Gasteiger partial charge in [-0.25, -0.2) is 0 Å². The molecule has 0 fully saturated rings. The van der Waals surface area contributed by atoms with Crippen LogP contribution in [0.25, 0.3) is 5.57 Å². The van der Waals surface area contributed by atoms with E-state index in [0.717, 1.165) is 11.3 Å². The van der Waals surface area contributed by atoms with Gasteiger partial charge in [-0.3, -0.25) is 14.6 Å². The number of allylic oxidation sites excluding steroid dienone is 2. The van der Waals surface area contributed by atoms with E-state index in [1.165, 1.54) is 0 Å². The van der Waals surface area contributed by atoms with Gasteiger partial charge >= 0.3 is 5.97 Å². The van der Waals surface area contributed by atoms with Gasteiger partial charge in [-0.15, -0.1) is 0 Å². The van der Waals surface area contributed by atoms with Gasteiger partial charge in [0.1, 0.15) is 0 Å². The number of carboxylic acids is 1. The maximum absolute atomic E-state index is 12.1. The number of Topliss-reactive ketones (excluding diaryl/α,β-unsaturated/α-hetero) is 1. The molecule has 0 radical (unpaired) electrons. The van der Waals surface area contributed by atoms with Crippen molar-refractivity contribution in [1.29, 1.82) is 0 Å². The Labute approximate surface area is 111 Å². The van der Waals surface area contributed by atoms with Crippen LogP contribution in [0.3, 0.4) is 0 Å². The van der Waals surface area contributed by atoms with Crippen LogP contribution in [0.1, 0.15) is 25.8 Å². The Balaban J connectivity index is 2.26. The van der Waals surface area contributed by atoms with Crippen molar-refractivity contribution in [1.82, 2.24) is 10.3 Å². The minimum absolute atomic E-state index is 0.0219. The van der Waals surface area contributed by atoms with Crippen LogP contribution in [0, 0.1) is 5.41 Å². The quantitative estimate of drug-likeness (QED) is 0.838. The SMILES string of the molecule is CC1(C)C(=O)C(c2cccnc2)=C1NCCC(=O)O. The summed E-state index contributed by atoms with van der Waals surface area (Å²) in [7, 11) is 0. The van der Waals surface area contributed by atoms with Crippen molar-refractivity contribution in [2.24, 2.45) is 5.41 Å². The van der Waals surface area contributed by atoms with E-state index in [2.05, 4.69) is 10.3 Å². The summed E-state index contributed by atoms with van der Waals surface area (Å²) in [5, 5.41) is 11.7. The number of aliphatic carboxylic acids is 1. The van der Waals surface area contributed by atoms with Crippen molar-refractivity contribution in [3.63, 3.8) is 0 Å². The van der Waals surface area contributed by atoms with Crippen LogP contribution in [-0.2, 0) is 9.59 Å². The van der Waals surface area contributed by atoms with E-state index in [1.54, 1.807) is 18.5 Å². The number of nitrogens with one attached hydrogen (secondary N) is 1. The topological polar surface area (TPSA) is 79.3 Å². The number of pyridine rings is 1. The van der Waals surface area contributed by atoms with Crippen LogP contribution < -0.4 is 5.32 Å². The van der Waals surface area contributed by atoms with Crippen molar-refractivity contribution >= 4 is 17.3 Å². The van der Waals surface area contributed by atoms with Gasteiger partial charge in [-0.1, -0.05) is 6.07 Å². The van der Waals surface area contributed by atoms with Crippen LogP contribution in [0.15, 0.2) is 30.2 Å². The first-order chi connectivity index (χ1) is 8.94. The number of hydrogen-bond donors (Lipinski definition) is 2. The molecule has 5 nitrogen and oxygen atoms in total. The summed E-state index contributed by atoms with van der Waals surface area (Å²) in [5.41, 5.74) is 1.60. The van der Waals surface area contributed by atoms with E-state index in [9.17, 15) is 9.59 Å². The fraction of sp³-hybridized carbons (Fsp3) is 0.357. The predicted molar refractivity (Wildman–Crippen MR) is 70.2 cm³/mol. The largest absolute Gasteiger partial charge is 0.481 e. The Morgan fingerprint density at radius 3 is 2.79 bits per heavy atom. The van der Waals surface area contributed by atoms with Crippen LogP contribution >= 0.6 is 0 Å². The van der Waals surface area contributed by atoms with Crippen LogP contribution in [0.2, 0.25) is 0 Å². The van der Waals surface area contributed by atoms with Crippen molar-refractivity contribution in [3.8, 4) is 0 Å². The molecule has 0 aromatic carbocycles. The molecule has 5 heteroatoms. The smallest absolute Gasteiger partial charge is 0.305 e. The Morgan fingerprint density at radius 1 is 1.47 bits per heavy atom. The average Bonchev–Trinajstić information content (AvgIpc) is 2.38. The van der Waals surface area contributed by atoms with Gasteiger partial charge < -0.3 is 10.4 Å². The third-order valence-corrected chi connectivity index (χ3v) is 3.26. The van der Waals surface area contributed by atoms with Gasteiger partial charge in [0.2, 0.25) is 0 Å². The molecule has 0 unspecified atom stereocenters. The molecule has 1 aliphatic rings. The molecule has 0 atom stereocenters. The summed E-state index contributed by atoms with van der Waals surface area (Å²) >= 11 is 0. The second-order valence-electron chi connectivity index (χ2n) is 5.02. The maximum atomic E-state index is 12.1.